The Bertz CT molecular complexity index is 716. The highest BCUT2D eigenvalue weighted by atomic mass is 19.1. The maximum atomic E-state index is 13.2. The summed E-state index contributed by atoms with van der Waals surface area (Å²) in [4.78, 5) is 38.2. The summed E-state index contributed by atoms with van der Waals surface area (Å²) in [5.74, 6) is -1.74. The van der Waals surface area contributed by atoms with Gasteiger partial charge in [-0.2, -0.15) is 0 Å². The number of esters is 1. The van der Waals surface area contributed by atoms with Crippen LogP contribution in [0.25, 0.3) is 0 Å². The van der Waals surface area contributed by atoms with Gasteiger partial charge in [0.25, 0.3) is 5.91 Å². The lowest BCUT2D eigenvalue weighted by Crippen LogP contribution is -2.45. The first-order valence-electron chi connectivity index (χ1n) is 8.83. The van der Waals surface area contributed by atoms with Crippen LogP contribution in [0.5, 0.6) is 0 Å². The molecule has 1 aliphatic rings. The standard InChI is InChI=1S/C19H25FN2O5/c1-12(16(23)21-14-8-5-7-13(20)11-14)26-17(24)15-9-6-10-22(15)18(25)27-19(2,3)4/h5,7-8,11-12,15H,6,9-10H2,1-4H3,(H,21,23)/t12-,15-/m0/s1. The molecule has 148 valence electrons. The van der Waals surface area contributed by atoms with Gasteiger partial charge in [-0.1, -0.05) is 6.07 Å². The molecule has 1 N–H and O–H groups in total. The van der Waals surface area contributed by atoms with Crippen molar-refractivity contribution < 1.29 is 28.2 Å². The molecule has 0 unspecified atom stereocenters. The minimum atomic E-state index is -1.10. The summed E-state index contributed by atoms with van der Waals surface area (Å²) in [5.41, 5.74) is -0.411. The first-order chi connectivity index (χ1) is 12.6. The minimum absolute atomic E-state index is 0.263. The number of carbonyl (C=O) groups excluding carboxylic acids is 3. The van der Waals surface area contributed by atoms with E-state index in [0.717, 1.165) is 6.07 Å². The van der Waals surface area contributed by atoms with Gasteiger partial charge in [-0.25, -0.2) is 14.0 Å². The predicted octanol–water partition coefficient (Wildman–Crippen LogP) is 3.10. The zero-order valence-electron chi connectivity index (χ0n) is 16.0. The van der Waals surface area contributed by atoms with Crippen molar-refractivity contribution in [2.24, 2.45) is 0 Å². The molecule has 7 nitrogen and oxygen atoms in total. The number of amides is 2. The van der Waals surface area contributed by atoms with Crippen LogP contribution < -0.4 is 5.32 Å². The van der Waals surface area contributed by atoms with Crippen LogP contribution in [0.1, 0.15) is 40.5 Å². The first kappa shape index (κ1) is 20.7. The Balaban J connectivity index is 1.94. The Morgan fingerprint density at radius 3 is 2.63 bits per heavy atom. The topological polar surface area (TPSA) is 84.9 Å². The van der Waals surface area contributed by atoms with Crippen LogP contribution in [0, 0.1) is 5.82 Å². The number of benzene rings is 1. The molecule has 0 aromatic heterocycles. The number of carbonyl (C=O) groups is 3. The Morgan fingerprint density at radius 2 is 2.00 bits per heavy atom. The molecule has 0 aliphatic carbocycles. The number of hydrogen-bond acceptors (Lipinski definition) is 5. The quantitative estimate of drug-likeness (QED) is 0.812. The van der Waals surface area contributed by atoms with Gasteiger partial charge in [0.1, 0.15) is 17.5 Å². The third-order valence-corrected chi connectivity index (χ3v) is 3.91. The van der Waals surface area contributed by atoms with Gasteiger partial charge in [-0.15, -0.1) is 0 Å². The van der Waals surface area contributed by atoms with Gasteiger partial charge in [0.05, 0.1) is 0 Å². The number of anilines is 1. The Kier molecular flexibility index (Phi) is 6.41. The number of ether oxygens (including phenoxy) is 2. The Labute approximate surface area is 157 Å². The average molecular weight is 380 g/mol. The summed E-state index contributed by atoms with van der Waals surface area (Å²) in [6.45, 7) is 7.03. The van der Waals surface area contributed by atoms with Gasteiger partial charge in [0.15, 0.2) is 6.10 Å². The van der Waals surface area contributed by atoms with Gasteiger partial charge in [0, 0.05) is 12.2 Å². The second-order valence-corrected chi connectivity index (χ2v) is 7.41. The van der Waals surface area contributed by atoms with Crippen LogP contribution in [0.2, 0.25) is 0 Å². The van der Waals surface area contributed by atoms with Crippen molar-refractivity contribution >= 4 is 23.7 Å². The van der Waals surface area contributed by atoms with E-state index in [1.54, 1.807) is 20.8 Å². The zero-order chi connectivity index (χ0) is 20.2. The van der Waals surface area contributed by atoms with Crippen LogP contribution >= 0.6 is 0 Å². The molecule has 1 aromatic carbocycles. The SMILES string of the molecule is C[C@H](OC(=O)[C@@H]1CCCN1C(=O)OC(C)(C)C)C(=O)Nc1cccc(F)c1. The Hall–Kier alpha value is -2.64. The van der Waals surface area contributed by atoms with Crippen LogP contribution in [-0.2, 0) is 19.1 Å². The number of nitrogens with one attached hydrogen (secondary N) is 1. The molecule has 0 spiro atoms. The van der Waals surface area contributed by atoms with E-state index in [1.165, 1.54) is 30.0 Å². The minimum Gasteiger partial charge on any atom is -0.451 e. The first-order valence-corrected chi connectivity index (χ1v) is 8.83. The number of likely N-dealkylation sites (tertiary alicyclic amines) is 1. The van der Waals surface area contributed by atoms with Crippen LogP contribution in [0.4, 0.5) is 14.9 Å². The Morgan fingerprint density at radius 1 is 1.30 bits per heavy atom. The fourth-order valence-electron chi connectivity index (χ4n) is 2.67. The largest absolute Gasteiger partial charge is 0.451 e. The highest BCUT2D eigenvalue weighted by Gasteiger charge is 2.38. The lowest BCUT2D eigenvalue weighted by molar-refractivity contribution is -0.157. The molecule has 1 heterocycles. The van der Waals surface area contributed by atoms with Crippen molar-refractivity contribution in [1.29, 1.82) is 0 Å². The van der Waals surface area contributed by atoms with Crippen molar-refractivity contribution in [2.75, 3.05) is 11.9 Å². The summed E-state index contributed by atoms with van der Waals surface area (Å²) in [6, 6.07) is 4.61. The van der Waals surface area contributed by atoms with Crippen LogP contribution in [0.15, 0.2) is 24.3 Å². The van der Waals surface area contributed by atoms with E-state index in [1.807, 2.05) is 0 Å². The van der Waals surface area contributed by atoms with Crippen molar-refractivity contribution in [3.8, 4) is 0 Å². The number of halogens is 1. The van der Waals surface area contributed by atoms with E-state index in [4.69, 9.17) is 9.47 Å². The van der Waals surface area contributed by atoms with Gasteiger partial charge >= 0.3 is 12.1 Å². The van der Waals surface area contributed by atoms with E-state index in [0.29, 0.717) is 19.4 Å². The fraction of sp³-hybridized carbons (Fsp3) is 0.526. The third kappa shape index (κ3) is 5.94. The van der Waals surface area contributed by atoms with Crippen molar-refractivity contribution in [3.05, 3.63) is 30.1 Å². The maximum absolute atomic E-state index is 13.2. The van der Waals surface area contributed by atoms with Crippen molar-refractivity contribution in [2.45, 2.75) is 58.3 Å². The average Bonchev–Trinajstić information content (AvgIpc) is 3.03. The van der Waals surface area contributed by atoms with Gasteiger partial charge < -0.3 is 14.8 Å². The number of nitrogens with zero attached hydrogens (tertiary/aromatic N) is 1. The second kappa shape index (κ2) is 8.37. The molecule has 1 aromatic rings. The van der Waals surface area contributed by atoms with Gasteiger partial charge in [-0.3, -0.25) is 9.69 Å². The lowest BCUT2D eigenvalue weighted by Gasteiger charge is -2.28. The summed E-state index contributed by atoms with van der Waals surface area (Å²) < 4.78 is 23.7. The molecule has 0 radical (unpaired) electrons. The molecule has 2 atom stereocenters. The van der Waals surface area contributed by atoms with Gasteiger partial charge in [0.2, 0.25) is 0 Å². The molecule has 1 saturated heterocycles. The van der Waals surface area contributed by atoms with Crippen LogP contribution in [0.3, 0.4) is 0 Å². The number of hydrogen-bond donors (Lipinski definition) is 1. The molecule has 0 bridgehead atoms. The van der Waals surface area contributed by atoms with E-state index in [2.05, 4.69) is 5.32 Å². The van der Waals surface area contributed by atoms with Crippen molar-refractivity contribution in [3.63, 3.8) is 0 Å². The molecule has 8 heteroatoms. The highest BCUT2D eigenvalue weighted by Crippen LogP contribution is 2.22. The molecule has 1 aliphatic heterocycles. The molecule has 2 amide bonds. The van der Waals surface area contributed by atoms with E-state index < -0.39 is 41.5 Å². The normalized spacial score (nSPS) is 18.0. The maximum Gasteiger partial charge on any atom is 0.411 e. The third-order valence-electron chi connectivity index (χ3n) is 3.91. The van der Waals surface area contributed by atoms with Gasteiger partial charge in [-0.05, 0) is 58.7 Å². The summed E-state index contributed by atoms with van der Waals surface area (Å²) in [6.07, 6.45) is -0.597. The summed E-state index contributed by atoms with van der Waals surface area (Å²) in [7, 11) is 0. The molecule has 2 rings (SSSR count). The van der Waals surface area contributed by atoms with E-state index >= 15 is 0 Å². The van der Waals surface area contributed by atoms with Crippen LogP contribution in [-0.4, -0.2) is 47.2 Å². The second-order valence-electron chi connectivity index (χ2n) is 7.41. The monoisotopic (exact) mass is 380 g/mol. The zero-order valence-corrected chi connectivity index (χ0v) is 16.0. The van der Waals surface area contributed by atoms with E-state index in [-0.39, 0.29) is 5.69 Å². The van der Waals surface area contributed by atoms with E-state index in [9.17, 15) is 18.8 Å². The molecular formula is C19H25FN2O5. The summed E-state index contributed by atoms with van der Waals surface area (Å²) in [5, 5.41) is 2.48. The molecular weight excluding hydrogens is 355 g/mol. The fourth-order valence-corrected chi connectivity index (χ4v) is 2.67. The summed E-state index contributed by atoms with van der Waals surface area (Å²) >= 11 is 0. The number of rotatable bonds is 4. The van der Waals surface area contributed by atoms with Crippen molar-refractivity contribution in [1.82, 2.24) is 4.90 Å². The molecule has 0 saturated carbocycles. The lowest BCUT2D eigenvalue weighted by atomic mass is 10.2. The smallest absolute Gasteiger partial charge is 0.411 e. The molecule has 27 heavy (non-hydrogen) atoms. The molecule has 1 fully saturated rings. The predicted molar refractivity (Wildman–Crippen MR) is 96.5 cm³/mol. The highest BCUT2D eigenvalue weighted by molar-refractivity contribution is 5.95.